The van der Waals surface area contributed by atoms with Crippen LogP contribution in [0.2, 0.25) is 0 Å². The van der Waals surface area contributed by atoms with Gasteiger partial charge in [-0.25, -0.2) is 4.57 Å². The van der Waals surface area contributed by atoms with E-state index in [0.29, 0.717) is 32.3 Å². The van der Waals surface area contributed by atoms with Gasteiger partial charge < -0.3 is 5.32 Å². The molecule has 9 nitrogen and oxygen atoms in total. The van der Waals surface area contributed by atoms with Crippen LogP contribution in [0, 0.1) is 11.5 Å². The van der Waals surface area contributed by atoms with Gasteiger partial charge in [-0.05, 0) is 38.8 Å². The largest absolute Gasteiger partial charge is 0.474 e. The van der Waals surface area contributed by atoms with Crippen molar-refractivity contribution in [3.63, 3.8) is 0 Å². The lowest BCUT2D eigenvalue weighted by Crippen LogP contribution is -2.27. The smallest absolute Gasteiger partial charge is 0.325 e. The van der Waals surface area contributed by atoms with Crippen molar-refractivity contribution in [2.45, 2.75) is 52.4 Å². The third kappa shape index (κ3) is 12.2. The minimum absolute atomic E-state index is 0.295. The predicted molar refractivity (Wildman–Crippen MR) is 113 cm³/mol. The SMILES string of the molecule is CCOP(=O)(OCC)OCCCCCCCCN=C(NC#N)Nc1ccncc1. The lowest BCUT2D eigenvalue weighted by Gasteiger charge is -2.16. The Morgan fingerprint density at radius 2 is 1.69 bits per heavy atom. The molecule has 29 heavy (non-hydrogen) atoms. The van der Waals surface area contributed by atoms with E-state index in [-0.39, 0.29) is 0 Å². The summed E-state index contributed by atoms with van der Waals surface area (Å²) in [7, 11) is -3.38. The summed E-state index contributed by atoms with van der Waals surface area (Å²) >= 11 is 0. The van der Waals surface area contributed by atoms with Gasteiger partial charge >= 0.3 is 7.82 Å². The highest BCUT2D eigenvalue weighted by molar-refractivity contribution is 7.48. The fraction of sp³-hybridized carbons (Fsp3) is 0.632. The highest BCUT2D eigenvalue weighted by Gasteiger charge is 2.24. The number of nitrogens with zero attached hydrogens (tertiary/aromatic N) is 3. The molecule has 0 aromatic carbocycles. The number of hydrogen-bond acceptors (Lipinski definition) is 7. The first-order valence-electron chi connectivity index (χ1n) is 10.0. The number of anilines is 1. The number of nitrogens with one attached hydrogen (secondary N) is 2. The molecular formula is C19H32N5O4P. The molecule has 0 aliphatic heterocycles. The van der Waals surface area contributed by atoms with E-state index in [9.17, 15) is 4.57 Å². The normalized spacial score (nSPS) is 11.8. The van der Waals surface area contributed by atoms with Gasteiger partial charge in [0, 0.05) is 24.6 Å². The van der Waals surface area contributed by atoms with Gasteiger partial charge in [0.15, 0.2) is 6.19 Å². The first kappa shape index (κ1) is 25.1. The minimum atomic E-state index is -3.38. The van der Waals surface area contributed by atoms with E-state index in [4.69, 9.17) is 18.8 Å². The van der Waals surface area contributed by atoms with E-state index >= 15 is 0 Å². The molecule has 0 atom stereocenters. The lowest BCUT2D eigenvalue weighted by molar-refractivity contribution is 0.120. The number of phosphoric acid groups is 1. The average molecular weight is 425 g/mol. The zero-order valence-corrected chi connectivity index (χ0v) is 18.2. The van der Waals surface area contributed by atoms with E-state index in [0.717, 1.165) is 44.2 Å². The molecule has 0 saturated carbocycles. The van der Waals surface area contributed by atoms with Crippen LogP contribution in [0.1, 0.15) is 52.4 Å². The van der Waals surface area contributed by atoms with Crippen LogP contribution in [0.5, 0.6) is 0 Å². The number of phosphoric ester groups is 1. The van der Waals surface area contributed by atoms with E-state index < -0.39 is 7.82 Å². The van der Waals surface area contributed by atoms with Crippen molar-refractivity contribution < 1.29 is 18.1 Å². The number of aromatic nitrogens is 1. The van der Waals surface area contributed by atoms with Crippen LogP contribution in [0.15, 0.2) is 29.5 Å². The number of nitriles is 1. The molecule has 0 spiro atoms. The Bertz CT molecular complexity index is 656. The molecule has 1 rings (SSSR count). The molecule has 0 saturated heterocycles. The Hall–Kier alpha value is -1.98. The zero-order chi connectivity index (χ0) is 21.2. The van der Waals surface area contributed by atoms with Crippen LogP contribution in [0.4, 0.5) is 5.69 Å². The van der Waals surface area contributed by atoms with Crippen molar-refractivity contribution in [2.75, 3.05) is 31.7 Å². The quantitative estimate of drug-likeness (QED) is 0.106. The summed E-state index contributed by atoms with van der Waals surface area (Å²) in [5.74, 6) is 0.434. The molecular weight excluding hydrogens is 393 g/mol. The lowest BCUT2D eigenvalue weighted by atomic mass is 10.1. The molecule has 0 amide bonds. The molecule has 0 aliphatic carbocycles. The van der Waals surface area contributed by atoms with Gasteiger partial charge in [-0.3, -0.25) is 28.9 Å². The molecule has 0 unspecified atom stereocenters. The molecule has 0 bridgehead atoms. The Kier molecular flexibility index (Phi) is 13.7. The van der Waals surface area contributed by atoms with Crippen molar-refractivity contribution in [2.24, 2.45) is 4.99 Å². The summed E-state index contributed by atoms with van der Waals surface area (Å²) in [6.07, 6.45) is 11.2. The maximum absolute atomic E-state index is 12.1. The van der Waals surface area contributed by atoms with Gasteiger partial charge in [0.25, 0.3) is 0 Å². The van der Waals surface area contributed by atoms with Gasteiger partial charge in [-0.15, -0.1) is 0 Å². The summed E-state index contributed by atoms with van der Waals surface area (Å²) in [5.41, 5.74) is 0.821. The Labute approximate surface area is 173 Å². The maximum atomic E-state index is 12.1. The zero-order valence-electron chi connectivity index (χ0n) is 17.3. The molecule has 0 fully saturated rings. The van der Waals surface area contributed by atoms with Gasteiger partial charge in [0.05, 0.1) is 19.8 Å². The third-order valence-electron chi connectivity index (χ3n) is 3.76. The monoisotopic (exact) mass is 425 g/mol. The van der Waals surface area contributed by atoms with Gasteiger partial charge in [-0.1, -0.05) is 25.7 Å². The number of rotatable bonds is 15. The average Bonchev–Trinajstić information content (AvgIpc) is 2.70. The molecule has 1 aromatic heterocycles. The molecule has 10 heteroatoms. The summed E-state index contributed by atoms with van der Waals surface area (Å²) in [6, 6.07) is 3.61. The fourth-order valence-electron chi connectivity index (χ4n) is 2.45. The van der Waals surface area contributed by atoms with Gasteiger partial charge in [-0.2, -0.15) is 5.26 Å². The highest BCUT2D eigenvalue weighted by Crippen LogP contribution is 2.49. The van der Waals surface area contributed by atoms with Gasteiger partial charge in [0.1, 0.15) is 0 Å². The third-order valence-corrected chi connectivity index (χ3v) is 5.41. The topological polar surface area (TPSA) is 118 Å². The van der Waals surface area contributed by atoms with Gasteiger partial charge in [0.2, 0.25) is 5.96 Å². The van der Waals surface area contributed by atoms with E-state index in [2.05, 4.69) is 20.6 Å². The van der Waals surface area contributed by atoms with E-state index in [1.54, 1.807) is 38.4 Å². The standard InChI is InChI=1S/C19H32N5O4P/c1-3-26-29(25,27-4-2)28-16-10-8-6-5-7-9-13-22-19(23-17-20)24-18-11-14-21-15-12-18/h11-12,14-15H,3-10,13,16H2,1-2H3,(H2,21,22,23,24). The fourth-order valence-corrected chi connectivity index (χ4v) is 3.66. The second kappa shape index (κ2) is 15.9. The van der Waals surface area contributed by atoms with Crippen molar-refractivity contribution in [3.8, 4) is 6.19 Å². The molecule has 0 aliphatic rings. The predicted octanol–water partition coefficient (Wildman–Crippen LogP) is 4.46. The first-order chi connectivity index (χ1) is 14.1. The van der Waals surface area contributed by atoms with E-state index in [1.165, 1.54) is 0 Å². The Morgan fingerprint density at radius 1 is 1.07 bits per heavy atom. The summed E-state index contributed by atoms with van der Waals surface area (Å²) in [4.78, 5) is 8.34. The number of hydrogen-bond donors (Lipinski definition) is 2. The van der Waals surface area contributed by atoms with Crippen LogP contribution in [0.25, 0.3) is 0 Å². The van der Waals surface area contributed by atoms with Crippen molar-refractivity contribution >= 4 is 19.5 Å². The maximum Gasteiger partial charge on any atom is 0.474 e. The molecule has 0 radical (unpaired) electrons. The summed E-state index contributed by atoms with van der Waals surface area (Å²) in [5, 5.41) is 14.4. The van der Waals surface area contributed by atoms with Crippen molar-refractivity contribution in [1.82, 2.24) is 10.3 Å². The minimum Gasteiger partial charge on any atom is -0.325 e. The second-order valence-corrected chi connectivity index (χ2v) is 7.73. The molecule has 1 heterocycles. The van der Waals surface area contributed by atoms with Crippen LogP contribution >= 0.6 is 7.82 Å². The number of unbranched alkanes of at least 4 members (excludes halogenated alkanes) is 5. The summed E-state index contributed by atoms with van der Waals surface area (Å²) in [6.45, 7) is 5.11. The number of pyridine rings is 1. The highest BCUT2D eigenvalue weighted by atomic mass is 31.2. The molecule has 162 valence electrons. The Balaban J connectivity index is 2.13. The number of guanidine groups is 1. The van der Waals surface area contributed by atoms with Crippen LogP contribution in [-0.4, -0.2) is 37.3 Å². The second-order valence-electron chi connectivity index (χ2n) is 6.07. The van der Waals surface area contributed by atoms with Crippen LogP contribution in [-0.2, 0) is 18.1 Å². The van der Waals surface area contributed by atoms with Crippen LogP contribution < -0.4 is 10.6 Å². The number of aliphatic imine (C=N–C) groups is 1. The van der Waals surface area contributed by atoms with E-state index in [1.807, 2.05) is 6.19 Å². The van der Waals surface area contributed by atoms with Crippen LogP contribution in [0.3, 0.4) is 0 Å². The van der Waals surface area contributed by atoms with Crippen molar-refractivity contribution in [3.05, 3.63) is 24.5 Å². The Morgan fingerprint density at radius 3 is 2.31 bits per heavy atom. The van der Waals surface area contributed by atoms with Crippen molar-refractivity contribution in [1.29, 1.82) is 5.26 Å². The molecule has 2 N–H and O–H groups in total. The first-order valence-corrected chi connectivity index (χ1v) is 11.5. The molecule has 1 aromatic rings. The summed E-state index contributed by atoms with van der Waals surface area (Å²) < 4.78 is 27.6.